The van der Waals surface area contributed by atoms with Crippen LogP contribution >= 0.6 is 0 Å². The summed E-state index contributed by atoms with van der Waals surface area (Å²) in [7, 11) is 0. The molecule has 0 radical (unpaired) electrons. The second kappa shape index (κ2) is 7.75. The van der Waals surface area contributed by atoms with Crippen LogP contribution in [0.25, 0.3) is 33.5 Å². The summed E-state index contributed by atoms with van der Waals surface area (Å²) >= 11 is 0. The Balaban J connectivity index is 1.44. The summed E-state index contributed by atoms with van der Waals surface area (Å²) in [4.78, 5) is 27.5. The van der Waals surface area contributed by atoms with Crippen LogP contribution in [0.5, 0.6) is 0 Å². The van der Waals surface area contributed by atoms with Crippen LogP contribution in [-0.2, 0) is 0 Å². The number of pyridine rings is 2. The number of rotatable bonds is 4. The van der Waals surface area contributed by atoms with Crippen LogP contribution in [-0.4, -0.2) is 38.8 Å². The van der Waals surface area contributed by atoms with Gasteiger partial charge in [0.25, 0.3) is 5.91 Å². The fourth-order valence-corrected chi connectivity index (χ4v) is 4.16. The molecule has 1 N–H and O–H groups in total. The lowest BCUT2D eigenvalue weighted by molar-refractivity contribution is 0.0781. The van der Waals surface area contributed by atoms with Gasteiger partial charge in [-0.25, -0.2) is 9.97 Å². The standard InChI is InChI=1S/C25H24N4O/c1-2-17-11-12-29(16-17)25(30)22-10-6-9-21(27-22)20-13-19-14-23(28-24(19)26-15-20)18-7-4-3-5-8-18/h3-10,13-15,17H,2,11-12,16H2,1H3,(H,26,28)/t17-/m1/s1. The summed E-state index contributed by atoms with van der Waals surface area (Å²) in [6.45, 7) is 3.84. The van der Waals surface area contributed by atoms with Crippen molar-refractivity contribution >= 4 is 16.9 Å². The van der Waals surface area contributed by atoms with Crippen molar-refractivity contribution in [3.8, 4) is 22.5 Å². The molecule has 1 fully saturated rings. The van der Waals surface area contributed by atoms with Crippen LogP contribution in [0.4, 0.5) is 0 Å². The van der Waals surface area contributed by atoms with Crippen LogP contribution in [0.15, 0.2) is 66.9 Å². The van der Waals surface area contributed by atoms with E-state index in [1.54, 1.807) is 6.07 Å². The van der Waals surface area contributed by atoms with E-state index in [2.05, 4.69) is 46.1 Å². The Labute approximate surface area is 175 Å². The monoisotopic (exact) mass is 396 g/mol. The van der Waals surface area contributed by atoms with E-state index in [9.17, 15) is 4.79 Å². The number of fused-ring (bicyclic) bond motifs is 1. The van der Waals surface area contributed by atoms with Gasteiger partial charge in [-0.15, -0.1) is 0 Å². The SMILES string of the molecule is CC[C@@H]1CCN(C(=O)c2cccc(-c3cnc4[nH]c(-c5ccccc5)cc4c3)n2)C1. The molecule has 30 heavy (non-hydrogen) atoms. The predicted molar refractivity (Wildman–Crippen MR) is 119 cm³/mol. The molecule has 1 aliphatic heterocycles. The van der Waals surface area contributed by atoms with Gasteiger partial charge in [-0.2, -0.15) is 0 Å². The number of hydrogen-bond donors (Lipinski definition) is 1. The van der Waals surface area contributed by atoms with Crippen molar-refractivity contribution in [1.82, 2.24) is 19.9 Å². The minimum absolute atomic E-state index is 0.0230. The van der Waals surface area contributed by atoms with Gasteiger partial charge in [0.15, 0.2) is 0 Å². The minimum Gasteiger partial charge on any atom is -0.339 e. The summed E-state index contributed by atoms with van der Waals surface area (Å²) < 4.78 is 0. The third kappa shape index (κ3) is 3.47. The molecule has 3 aromatic heterocycles. The van der Waals surface area contributed by atoms with Gasteiger partial charge in [0.1, 0.15) is 11.3 Å². The number of nitrogens with one attached hydrogen (secondary N) is 1. The molecule has 5 nitrogen and oxygen atoms in total. The Morgan fingerprint density at radius 1 is 1.10 bits per heavy atom. The molecule has 5 rings (SSSR count). The van der Waals surface area contributed by atoms with Crippen molar-refractivity contribution in [1.29, 1.82) is 0 Å². The zero-order chi connectivity index (χ0) is 20.5. The smallest absolute Gasteiger partial charge is 0.272 e. The summed E-state index contributed by atoms with van der Waals surface area (Å²) in [5.74, 6) is 0.631. The number of carbonyl (C=O) groups excluding carboxylic acids is 1. The van der Waals surface area contributed by atoms with Gasteiger partial charge >= 0.3 is 0 Å². The zero-order valence-electron chi connectivity index (χ0n) is 17.0. The third-order valence-electron chi connectivity index (χ3n) is 5.97. The van der Waals surface area contributed by atoms with Gasteiger partial charge < -0.3 is 9.88 Å². The van der Waals surface area contributed by atoms with E-state index in [0.717, 1.165) is 59.5 Å². The first-order valence-electron chi connectivity index (χ1n) is 10.5. The highest BCUT2D eigenvalue weighted by Crippen LogP contribution is 2.27. The maximum Gasteiger partial charge on any atom is 0.272 e. The van der Waals surface area contributed by atoms with Gasteiger partial charge in [0, 0.05) is 35.9 Å². The van der Waals surface area contributed by atoms with E-state index in [1.165, 1.54) is 0 Å². The molecule has 0 aliphatic carbocycles. The van der Waals surface area contributed by atoms with Crippen LogP contribution in [0.3, 0.4) is 0 Å². The Morgan fingerprint density at radius 2 is 1.97 bits per heavy atom. The molecule has 5 heteroatoms. The van der Waals surface area contributed by atoms with Crippen LogP contribution in [0, 0.1) is 5.92 Å². The maximum absolute atomic E-state index is 12.9. The normalized spacial score (nSPS) is 16.3. The van der Waals surface area contributed by atoms with E-state index in [1.807, 2.05) is 41.4 Å². The molecule has 1 atom stereocenters. The molecule has 4 aromatic rings. The highest BCUT2D eigenvalue weighted by atomic mass is 16.2. The summed E-state index contributed by atoms with van der Waals surface area (Å²) in [5.41, 5.74) is 5.17. The number of hydrogen-bond acceptors (Lipinski definition) is 3. The summed E-state index contributed by atoms with van der Waals surface area (Å²) in [6, 6.07) is 20.0. The first-order valence-corrected chi connectivity index (χ1v) is 10.5. The Hall–Kier alpha value is -3.47. The Kier molecular flexibility index (Phi) is 4.79. The van der Waals surface area contributed by atoms with E-state index in [4.69, 9.17) is 0 Å². The van der Waals surface area contributed by atoms with Crippen molar-refractivity contribution < 1.29 is 4.79 Å². The molecule has 0 spiro atoms. The van der Waals surface area contributed by atoms with Crippen molar-refractivity contribution in [3.63, 3.8) is 0 Å². The number of aromatic nitrogens is 3. The number of likely N-dealkylation sites (tertiary alicyclic amines) is 1. The second-order valence-corrected chi connectivity index (χ2v) is 7.93. The molecule has 0 unspecified atom stereocenters. The molecule has 1 amide bonds. The lowest BCUT2D eigenvalue weighted by Gasteiger charge is -2.16. The third-order valence-corrected chi connectivity index (χ3v) is 5.97. The first-order chi connectivity index (χ1) is 14.7. The lowest BCUT2D eigenvalue weighted by atomic mass is 10.1. The quantitative estimate of drug-likeness (QED) is 0.518. The van der Waals surface area contributed by atoms with Gasteiger partial charge in [0.05, 0.1) is 5.69 Å². The van der Waals surface area contributed by atoms with E-state index >= 15 is 0 Å². The Bertz CT molecular complexity index is 1200. The molecule has 0 bridgehead atoms. The average molecular weight is 396 g/mol. The van der Waals surface area contributed by atoms with Crippen LogP contribution in [0.1, 0.15) is 30.3 Å². The van der Waals surface area contributed by atoms with Gasteiger partial charge in [-0.3, -0.25) is 4.79 Å². The molecule has 4 heterocycles. The zero-order valence-corrected chi connectivity index (χ0v) is 17.0. The van der Waals surface area contributed by atoms with Crippen molar-refractivity contribution in [2.75, 3.05) is 13.1 Å². The van der Waals surface area contributed by atoms with E-state index in [-0.39, 0.29) is 5.91 Å². The number of amides is 1. The average Bonchev–Trinajstić information content (AvgIpc) is 3.46. The number of benzene rings is 1. The fraction of sp³-hybridized carbons (Fsp3) is 0.240. The number of carbonyl (C=O) groups is 1. The van der Waals surface area contributed by atoms with E-state index < -0.39 is 0 Å². The van der Waals surface area contributed by atoms with Crippen LogP contribution < -0.4 is 0 Å². The van der Waals surface area contributed by atoms with Gasteiger partial charge in [-0.1, -0.05) is 49.7 Å². The van der Waals surface area contributed by atoms with Gasteiger partial charge in [-0.05, 0) is 42.2 Å². The Morgan fingerprint density at radius 3 is 2.77 bits per heavy atom. The highest BCUT2D eigenvalue weighted by Gasteiger charge is 2.26. The number of H-pyrrole nitrogens is 1. The first kappa shape index (κ1) is 18.6. The highest BCUT2D eigenvalue weighted by molar-refractivity contribution is 5.93. The van der Waals surface area contributed by atoms with Crippen molar-refractivity contribution in [2.24, 2.45) is 5.92 Å². The maximum atomic E-state index is 12.9. The largest absolute Gasteiger partial charge is 0.339 e. The van der Waals surface area contributed by atoms with Crippen LogP contribution in [0.2, 0.25) is 0 Å². The molecule has 1 aromatic carbocycles. The lowest BCUT2D eigenvalue weighted by Crippen LogP contribution is -2.29. The van der Waals surface area contributed by atoms with E-state index in [0.29, 0.717) is 11.6 Å². The molecule has 1 aliphatic rings. The van der Waals surface area contributed by atoms with Crippen molar-refractivity contribution in [3.05, 3.63) is 72.6 Å². The number of aromatic amines is 1. The summed E-state index contributed by atoms with van der Waals surface area (Å²) in [6.07, 6.45) is 4.01. The summed E-state index contributed by atoms with van der Waals surface area (Å²) in [5, 5.41) is 1.02. The van der Waals surface area contributed by atoms with Gasteiger partial charge in [0.2, 0.25) is 0 Å². The molecule has 0 saturated carbocycles. The molecular formula is C25H24N4O. The minimum atomic E-state index is 0.0230. The molecular weight excluding hydrogens is 372 g/mol. The predicted octanol–water partition coefficient (Wildman–Crippen LogP) is 5.16. The fourth-order valence-electron chi connectivity index (χ4n) is 4.16. The molecule has 150 valence electrons. The topological polar surface area (TPSA) is 61.9 Å². The number of nitrogens with zero attached hydrogens (tertiary/aromatic N) is 3. The second-order valence-electron chi connectivity index (χ2n) is 7.93. The molecule has 1 saturated heterocycles. The van der Waals surface area contributed by atoms with Crippen molar-refractivity contribution in [2.45, 2.75) is 19.8 Å².